The van der Waals surface area contributed by atoms with Gasteiger partial charge in [-0.2, -0.15) is 11.3 Å². The van der Waals surface area contributed by atoms with E-state index in [0.717, 1.165) is 18.6 Å². The Morgan fingerprint density at radius 3 is 2.61 bits per heavy atom. The van der Waals surface area contributed by atoms with Crippen LogP contribution in [0.1, 0.15) is 23.6 Å². The average Bonchev–Trinajstić information content (AvgIpc) is 2.94. The predicted molar refractivity (Wildman–Crippen MR) is 75.7 cm³/mol. The summed E-state index contributed by atoms with van der Waals surface area (Å²) in [5, 5.41) is 4.21. The second-order valence-electron chi connectivity index (χ2n) is 4.16. The first-order valence-electron chi connectivity index (χ1n) is 5.94. The van der Waals surface area contributed by atoms with Crippen LogP contribution in [0.25, 0.3) is 0 Å². The summed E-state index contributed by atoms with van der Waals surface area (Å²) in [4.78, 5) is 0. The number of nitrogens with one attached hydrogen (secondary N) is 1. The lowest BCUT2D eigenvalue weighted by atomic mass is 10.0. The molecule has 0 saturated carbocycles. The number of nitrogens with two attached hydrogens (primary N) is 1. The van der Waals surface area contributed by atoms with Gasteiger partial charge in [0.05, 0.1) is 7.11 Å². The van der Waals surface area contributed by atoms with Crippen LogP contribution < -0.4 is 16.0 Å². The fourth-order valence-electron chi connectivity index (χ4n) is 1.92. The number of methoxy groups -OCH3 is 1. The highest BCUT2D eigenvalue weighted by atomic mass is 32.1. The second-order valence-corrected chi connectivity index (χ2v) is 4.94. The lowest BCUT2D eigenvalue weighted by Crippen LogP contribution is -2.28. The van der Waals surface area contributed by atoms with Gasteiger partial charge in [0, 0.05) is 6.04 Å². The maximum atomic E-state index is 5.61. The maximum absolute atomic E-state index is 5.61. The summed E-state index contributed by atoms with van der Waals surface area (Å²) < 4.78 is 5.14. The molecule has 1 aromatic heterocycles. The number of thiophene rings is 1. The van der Waals surface area contributed by atoms with Crippen LogP contribution in [-0.4, -0.2) is 7.11 Å². The number of hydrazine groups is 1. The lowest BCUT2D eigenvalue weighted by molar-refractivity contribution is 0.414. The summed E-state index contributed by atoms with van der Waals surface area (Å²) in [6.45, 7) is 0. The molecule has 0 aliphatic carbocycles. The second kappa shape index (κ2) is 6.54. The van der Waals surface area contributed by atoms with Gasteiger partial charge in [0.1, 0.15) is 5.75 Å². The normalized spacial score (nSPS) is 12.3. The standard InChI is InChI=1S/C14H18N2OS/c1-17-13-5-2-11(3-6-13)4-7-14(16-15)12-8-9-18-10-12/h2-3,5-6,8-10,14,16H,4,7,15H2,1H3. The van der Waals surface area contributed by atoms with E-state index in [4.69, 9.17) is 10.6 Å². The van der Waals surface area contributed by atoms with Crippen molar-refractivity contribution >= 4 is 11.3 Å². The Balaban J connectivity index is 1.93. The van der Waals surface area contributed by atoms with Gasteiger partial charge in [0.15, 0.2) is 0 Å². The van der Waals surface area contributed by atoms with Gasteiger partial charge in [-0.15, -0.1) is 0 Å². The molecule has 0 fully saturated rings. The Morgan fingerprint density at radius 1 is 1.28 bits per heavy atom. The molecule has 2 aromatic rings. The summed E-state index contributed by atoms with van der Waals surface area (Å²) in [5.41, 5.74) is 5.44. The van der Waals surface area contributed by atoms with Crippen LogP contribution in [0.2, 0.25) is 0 Å². The van der Waals surface area contributed by atoms with E-state index >= 15 is 0 Å². The fraction of sp³-hybridized carbons (Fsp3) is 0.286. The molecule has 0 amide bonds. The quantitative estimate of drug-likeness (QED) is 0.621. The van der Waals surface area contributed by atoms with Gasteiger partial charge in [0.2, 0.25) is 0 Å². The summed E-state index contributed by atoms with van der Waals surface area (Å²) in [6, 6.07) is 10.5. The average molecular weight is 262 g/mol. The zero-order chi connectivity index (χ0) is 12.8. The van der Waals surface area contributed by atoms with Gasteiger partial charge in [0.25, 0.3) is 0 Å². The highest BCUT2D eigenvalue weighted by Gasteiger charge is 2.09. The molecule has 0 saturated heterocycles. The summed E-state index contributed by atoms with van der Waals surface area (Å²) in [5.74, 6) is 6.50. The Labute approximate surface area is 112 Å². The van der Waals surface area contributed by atoms with Crippen molar-refractivity contribution in [2.75, 3.05) is 7.11 Å². The van der Waals surface area contributed by atoms with Crippen LogP contribution in [-0.2, 0) is 6.42 Å². The van der Waals surface area contributed by atoms with Crippen molar-refractivity contribution in [2.45, 2.75) is 18.9 Å². The molecule has 3 nitrogen and oxygen atoms in total. The lowest BCUT2D eigenvalue weighted by Gasteiger charge is -2.14. The molecule has 0 radical (unpaired) electrons. The number of benzene rings is 1. The first-order chi connectivity index (χ1) is 8.83. The van der Waals surface area contributed by atoms with E-state index in [9.17, 15) is 0 Å². The first-order valence-corrected chi connectivity index (χ1v) is 6.89. The van der Waals surface area contributed by atoms with Gasteiger partial charge in [-0.3, -0.25) is 11.3 Å². The molecule has 96 valence electrons. The number of rotatable bonds is 6. The van der Waals surface area contributed by atoms with E-state index in [-0.39, 0.29) is 6.04 Å². The summed E-state index contributed by atoms with van der Waals surface area (Å²) in [7, 11) is 1.68. The molecule has 1 unspecified atom stereocenters. The molecule has 0 aliphatic rings. The highest BCUT2D eigenvalue weighted by Crippen LogP contribution is 2.21. The predicted octanol–water partition coefficient (Wildman–Crippen LogP) is 2.89. The van der Waals surface area contributed by atoms with Crippen LogP contribution in [0, 0.1) is 0 Å². The Hall–Kier alpha value is -1.36. The van der Waals surface area contributed by atoms with Crippen molar-refractivity contribution in [3.05, 3.63) is 52.2 Å². The van der Waals surface area contributed by atoms with Crippen LogP contribution in [0.3, 0.4) is 0 Å². The van der Waals surface area contributed by atoms with Crippen molar-refractivity contribution in [1.29, 1.82) is 0 Å². The molecule has 1 atom stereocenters. The van der Waals surface area contributed by atoms with Crippen molar-refractivity contribution in [3.63, 3.8) is 0 Å². The van der Waals surface area contributed by atoms with E-state index in [0.29, 0.717) is 0 Å². The molecular weight excluding hydrogens is 244 g/mol. The third-order valence-corrected chi connectivity index (χ3v) is 3.73. The molecular formula is C14H18N2OS. The number of hydrogen-bond acceptors (Lipinski definition) is 4. The molecule has 0 spiro atoms. The Kier molecular flexibility index (Phi) is 4.75. The SMILES string of the molecule is COc1ccc(CCC(NN)c2ccsc2)cc1. The molecule has 4 heteroatoms. The van der Waals surface area contributed by atoms with Gasteiger partial charge in [-0.25, -0.2) is 0 Å². The van der Waals surface area contributed by atoms with Gasteiger partial charge in [-0.05, 0) is 52.9 Å². The topological polar surface area (TPSA) is 47.3 Å². The third kappa shape index (κ3) is 3.32. The third-order valence-electron chi connectivity index (χ3n) is 3.03. The van der Waals surface area contributed by atoms with E-state index in [1.807, 2.05) is 12.1 Å². The maximum Gasteiger partial charge on any atom is 0.118 e. The minimum Gasteiger partial charge on any atom is -0.497 e. The molecule has 1 heterocycles. The van der Waals surface area contributed by atoms with Gasteiger partial charge >= 0.3 is 0 Å². The minimum absolute atomic E-state index is 0.221. The smallest absolute Gasteiger partial charge is 0.118 e. The summed E-state index contributed by atoms with van der Waals surface area (Å²) in [6.07, 6.45) is 1.98. The largest absolute Gasteiger partial charge is 0.497 e. The Bertz CT molecular complexity index is 453. The van der Waals surface area contributed by atoms with E-state index in [1.165, 1.54) is 11.1 Å². The highest BCUT2D eigenvalue weighted by molar-refractivity contribution is 7.07. The summed E-state index contributed by atoms with van der Waals surface area (Å²) >= 11 is 1.70. The van der Waals surface area contributed by atoms with Crippen LogP contribution in [0.4, 0.5) is 0 Å². The number of ether oxygens (including phenoxy) is 1. The molecule has 18 heavy (non-hydrogen) atoms. The van der Waals surface area contributed by atoms with Gasteiger partial charge in [-0.1, -0.05) is 12.1 Å². The monoisotopic (exact) mass is 262 g/mol. The van der Waals surface area contributed by atoms with E-state index in [2.05, 4.69) is 34.4 Å². The van der Waals surface area contributed by atoms with Crippen LogP contribution >= 0.6 is 11.3 Å². The molecule has 1 aromatic carbocycles. The van der Waals surface area contributed by atoms with E-state index < -0.39 is 0 Å². The number of hydrogen-bond donors (Lipinski definition) is 2. The van der Waals surface area contributed by atoms with Crippen LogP contribution in [0.5, 0.6) is 5.75 Å². The molecule has 3 N–H and O–H groups in total. The fourth-order valence-corrected chi connectivity index (χ4v) is 2.64. The van der Waals surface area contributed by atoms with E-state index in [1.54, 1.807) is 18.4 Å². The molecule has 2 rings (SSSR count). The Morgan fingerprint density at radius 2 is 2.06 bits per heavy atom. The van der Waals surface area contributed by atoms with Crippen LogP contribution in [0.15, 0.2) is 41.1 Å². The van der Waals surface area contributed by atoms with Crippen molar-refractivity contribution < 1.29 is 4.74 Å². The molecule has 0 aliphatic heterocycles. The zero-order valence-electron chi connectivity index (χ0n) is 10.4. The number of aryl methyl sites for hydroxylation is 1. The van der Waals surface area contributed by atoms with Crippen molar-refractivity contribution in [3.8, 4) is 5.75 Å². The van der Waals surface area contributed by atoms with Crippen molar-refractivity contribution in [1.82, 2.24) is 5.43 Å². The first kappa shape index (κ1) is 13.1. The zero-order valence-corrected chi connectivity index (χ0v) is 11.2. The minimum atomic E-state index is 0.221. The van der Waals surface area contributed by atoms with Gasteiger partial charge < -0.3 is 4.74 Å². The van der Waals surface area contributed by atoms with Crippen molar-refractivity contribution in [2.24, 2.45) is 5.84 Å². The molecule has 0 bridgehead atoms.